The van der Waals surface area contributed by atoms with Gasteiger partial charge in [0.05, 0.1) is 11.1 Å². The van der Waals surface area contributed by atoms with Crippen LogP contribution in [0.4, 0.5) is 0 Å². The van der Waals surface area contributed by atoms with Crippen LogP contribution in [0.1, 0.15) is 32.2 Å². The topological polar surface area (TPSA) is 72.9 Å². The molecule has 1 atom stereocenters. The number of fused-ring (bicyclic) bond motifs is 2. The van der Waals surface area contributed by atoms with E-state index in [0.29, 0.717) is 21.4 Å². The summed E-state index contributed by atoms with van der Waals surface area (Å²) in [5.41, 5.74) is 0.993. The number of carbonyl (C=O) groups is 3. The third-order valence-corrected chi connectivity index (χ3v) is 4.21. The molecule has 0 radical (unpaired) electrons. The van der Waals surface area contributed by atoms with Gasteiger partial charge < -0.3 is 9.57 Å². The lowest BCUT2D eigenvalue weighted by Crippen LogP contribution is -2.35. The van der Waals surface area contributed by atoms with Crippen molar-refractivity contribution >= 4 is 29.4 Å². The van der Waals surface area contributed by atoms with E-state index < -0.39 is 23.7 Å². The first-order chi connectivity index (χ1) is 11.6. The van der Waals surface area contributed by atoms with Gasteiger partial charge in [-0.1, -0.05) is 28.8 Å². The number of amides is 2. The lowest BCUT2D eigenvalue weighted by molar-refractivity contribution is -0.170. The summed E-state index contributed by atoms with van der Waals surface area (Å²) >= 11 is 5.94. The Morgan fingerprint density at radius 1 is 1.12 bits per heavy atom. The molecule has 0 saturated carbocycles. The van der Waals surface area contributed by atoms with Crippen LogP contribution in [0, 0.1) is 0 Å². The Labute approximate surface area is 141 Å². The van der Waals surface area contributed by atoms with E-state index in [9.17, 15) is 14.4 Å². The summed E-state index contributed by atoms with van der Waals surface area (Å²) in [7, 11) is 0. The smallest absolute Gasteiger partial charge is 0.344 e. The first-order valence-electron chi connectivity index (χ1n) is 7.18. The second-order valence-corrected chi connectivity index (χ2v) is 5.84. The highest BCUT2D eigenvalue weighted by Crippen LogP contribution is 2.37. The maximum atomic E-state index is 12.4. The number of hydrogen-bond donors (Lipinski definition) is 0. The predicted octanol–water partition coefficient (Wildman–Crippen LogP) is 2.57. The number of nitrogens with zero attached hydrogens (tertiary/aromatic N) is 1. The molecule has 0 spiro atoms. The molecular formula is C17H10ClNO5. The van der Waals surface area contributed by atoms with Crippen LogP contribution in [0.25, 0.3) is 0 Å². The minimum Gasteiger partial charge on any atom is -0.492 e. The standard InChI is InChI=1S/C17H10ClNO5/c18-9-5-6-14-12(7-9)13(8-23-14)17(22)24-19-15(20)10-3-1-2-4-11(10)16(19)21/h1-7,13H,8H2. The van der Waals surface area contributed by atoms with Crippen LogP contribution in [0.2, 0.25) is 5.02 Å². The quantitative estimate of drug-likeness (QED) is 0.784. The van der Waals surface area contributed by atoms with Gasteiger partial charge in [0, 0.05) is 10.6 Å². The van der Waals surface area contributed by atoms with Crippen LogP contribution in [-0.2, 0) is 9.63 Å². The fourth-order valence-electron chi connectivity index (χ4n) is 2.78. The molecule has 0 aromatic heterocycles. The molecule has 2 aromatic rings. The molecule has 2 heterocycles. The molecule has 0 aliphatic carbocycles. The average molecular weight is 344 g/mol. The fraction of sp³-hybridized carbons (Fsp3) is 0.118. The van der Waals surface area contributed by atoms with Gasteiger partial charge in [-0.2, -0.15) is 0 Å². The van der Waals surface area contributed by atoms with Gasteiger partial charge in [0.1, 0.15) is 18.3 Å². The Bertz CT molecular complexity index is 859. The molecule has 0 bridgehead atoms. The molecule has 4 rings (SSSR count). The molecule has 0 saturated heterocycles. The third kappa shape index (κ3) is 2.15. The van der Waals surface area contributed by atoms with Crippen molar-refractivity contribution in [3.63, 3.8) is 0 Å². The predicted molar refractivity (Wildman–Crippen MR) is 82.7 cm³/mol. The molecule has 1 unspecified atom stereocenters. The Balaban J connectivity index is 1.58. The van der Waals surface area contributed by atoms with Crippen LogP contribution in [0.15, 0.2) is 42.5 Å². The van der Waals surface area contributed by atoms with Crippen LogP contribution >= 0.6 is 11.6 Å². The van der Waals surface area contributed by atoms with Gasteiger partial charge in [-0.25, -0.2) is 4.79 Å². The maximum absolute atomic E-state index is 12.4. The first kappa shape index (κ1) is 14.7. The molecule has 2 aliphatic heterocycles. The summed E-state index contributed by atoms with van der Waals surface area (Å²) in [5.74, 6) is -2.28. The van der Waals surface area contributed by atoms with Gasteiger partial charge >= 0.3 is 5.97 Å². The summed E-state index contributed by atoms with van der Waals surface area (Å²) in [5, 5.41) is 0.952. The van der Waals surface area contributed by atoms with E-state index in [1.807, 2.05) is 0 Å². The number of benzene rings is 2. The van der Waals surface area contributed by atoms with Crippen molar-refractivity contribution in [1.29, 1.82) is 0 Å². The molecule has 2 aliphatic rings. The highest BCUT2D eigenvalue weighted by atomic mass is 35.5. The van der Waals surface area contributed by atoms with Crippen LogP contribution < -0.4 is 4.74 Å². The molecule has 2 amide bonds. The minimum atomic E-state index is -0.747. The van der Waals surface area contributed by atoms with Crippen LogP contribution in [-0.4, -0.2) is 29.5 Å². The van der Waals surface area contributed by atoms with Crippen LogP contribution in [0.3, 0.4) is 0 Å². The van der Waals surface area contributed by atoms with Crippen molar-refractivity contribution in [1.82, 2.24) is 5.06 Å². The van der Waals surface area contributed by atoms with Gasteiger partial charge in [0.15, 0.2) is 0 Å². The zero-order valence-electron chi connectivity index (χ0n) is 12.2. The van der Waals surface area contributed by atoms with E-state index in [0.717, 1.165) is 0 Å². The van der Waals surface area contributed by atoms with Gasteiger partial charge in [-0.05, 0) is 30.3 Å². The van der Waals surface area contributed by atoms with Crippen molar-refractivity contribution in [2.45, 2.75) is 5.92 Å². The largest absolute Gasteiger partial charge is 0.492 e. The number of ether oxygens (including phenoxy) is 1. The zero-order chi connectivity index (χ0) is 16.8. The summed E-state index contributed by atoms with van der Waals surface area (Å²) in [4.78, 5) is 42.0. The second-order valence-electron chi connectivity index (χ2n) is 5.41. The number of carbonyl (C=O) groups excluding carboxylic acids is 3. The monoisotopic (exact) mass is 343 g/mol. The first-order valence-corrected chi connectivity index (χ1v) is 7.56. The van der Waals surface area contributed by atoms with Crippen molar-refractivity contribution in [3.05, 3.63) is 64.2 Å². The normalized spacial score (nSPS) is 18.2. The Morgan fingerprint density at radius 3 is 2.46 bits per heavy atom. The molecule has 24 heavy (non-hydrogen) atoms. The summed E-state index contributed by atoms with van der Waals surface area (Å²) in [6.07, 6.45) is 0. The highest BCUT2D eigenvalue weighted by Gasteiger charge is 2.41. The van der Waals surface area contributed by atoms with Crippen molar-refractivity contribution < 1.29 is 24.0 Å². The molecule has 120 valence electrons. The molecular weight excluding hydrogens is 334 g/mol. The Hall–Kier alpha value is -2.86. The van der Waals surface area contributed by atoms with Gasteiger partial charge in [-0.3, -0.25) is 9.59 Å². The van der Waals surface area contributed by atoms with Gasteiger partial charge in [0.25, 0.3) is 11.8 Å². The average Bonchev–Trinajstić information content (AvgIpc) is 3.10. The molecule has 0 fully saturated rings. The maximum Gasteiger partial charge on any atom is 0.344 e. The van der Waals surface area contributed by atoms with E-state index >= 15 is 0 Å². The van der Waals surface area contributed by atoms with Crippen molar-refractivity contribution in [2.75, 3.05) is 6.61 Å². The van der Waals surface area contributed by atoms with Crippen molar-refractivity contribution in [2.24, 2.45) is 0 Å². The Kier molecular flexibility index (Phi) is 3.28. The summed E-state index contributed by atoms with van der Waals surface area (Å²) < 4.78 is 5.42. The summed E-state index contributed by atoms with van der Waals surface area (Å²) in [6.45, 7) is 0.0671. The van der Waals surface area contributed by atoms with E-state index in [4.69, 9.17) is 21.2 Å². The van der Waals surface area contributed by atoms with Gasteiger partial charge in [-0.15, -0.1) is 0 Å². The van der Waals surface area contributed by atoms with E-state index in [-0.39, 0.29) is 17.7 Å². The minimum absolute atomic E-state index is 0.0671. The van der Waals surface area contributed by atoms with Gasteiger partial charge in [0.2, 0.25) is 0 Å². The molecule has 6 nitrogen and oxygen atoms in total. The lowest BCUT2D eigenvalue weighted by Gasteiger charge is -2.15. The number of halogens is 1. The molecule has 7 heteroatoms. The fourth-order valence-corrected chi connectivity index (χ4v) is 2.97. The highest BCUT2D eigenvalue weighted by molar-refractivity contribution is 6.30. The number of hydrogen-bond acceptors (Lipinski definition) is 5. The number of rotatable bonds is 2. The van der Waals surface area contributed by atoms with Crippen molar-refractivity contribution in [3.8, 4) is 5.75 Å². The van der Waals surface area contributed by atoms with E-state index in [2.05, 4.69) is 0 Å². The third-order valence-electron chi connectivity index (χ3n) is 3.98. The lowest BCUT2D eigenvalue weighted by atomic mass is 10.0. The van der Waals surface area contributed by atoms with E-state index in [1.54, 1.807) is 30.3 Å². The molecule has 2 aromatic carbocycles. The summed E-state index contributed by atoms with van der Waals surface area (Å²) in [6, 6.07) is 11.2. The number of imide groups is 1. The zero-order valence-corrected chi connectivity index (χ0v) is 12.9. The van der Waals surface area contributed by atoms with Crippen LogP contribution in [0.5, 0.6) is 5.75 Å². The Morgan fingerprint density at radius 2 is 1.79 bits per heavy atom. The molecule has 0 N–H and O–H groups in total. The van der Waals surface area contributed by atoms with E-state index in [1.165, 1.54) is 12.1 Å². The second kappa shape index (κ2) is 5.35. The SMILES string of the molecule is O=C(ON1C(=O)c2ccccc2C1=O)C1COc2ccc(Cl)cc21. The number of hydroxylamine groups is 2.